The fourth-order valence-corrected chi connectivity index (χ4v) is 3.11. The second kappa shape index (κ2) is 7.30. The maximum absolute atomic E-state index is 12.4. The Labute approximate surface area is 128 Å². The second-order valence-corrected chi connectivity index (χ2v) is 6.25. The van der Waals surface area contributed by atoms with Crippen molar-refractivity contribution in [2.75, 3.05) is 11.9 Å². The molecule has 0 aliphatic carbocycles. The molecule has 1 fully saturated rings. The van der Waals surface area contributed by atoms with E-state index in [9.17, 15) is 4.79 Å². The predicted molar refractivity (Wildman–Crippen MR) is 82.9 cm³/mol. The molecule has 0 saturated carbocycles. The molecule has 1 aliphatic heterocycles. The van der Waals surface area contributed by atoms with Crippen LogP contribution in [0.15, 0.2) is 24.3 Å². The summed E-state index contributed by atoms with van der Waals surface area (Å²) in [6.07, 6.45) is 5.02. The van der Waals surface area contributed by atoms with Crippen LogP contribution >= 0.6 is 27.5 Å². The number of likely N-dealkylation sites (tertiary alicyclic amines) is 1. The van der Waals surface area contributed by atoms with Gasteiger partial charge in [0.2, 0.25) is 5.91 Å². The van der Waals surface area contributed by atoms with Gasteiger partial charge in [0.1, 0.15) is 0 Å². The molecule has 0 N–H and O–H groups in total. The van der Waals surface area contributed by atoms with Crippen LogP contribution in [0.2, 0.25) is 5.02 Å². The Morgan fingerprint density at radius 3 is 2.79 bits per heavy atom. The molecule has 1 heterocycles. The third kappa shape index (κ3) is 4.22. The lowest BCUT2D eigenvalue weighted by Gasteiger charge is -2.24. The molecule has 1 atom stereocenters. The number of benzene rings is 1. The molecule has 0 bridgehead atoms. The Hall–Kier alpha value is -0.540. The molecule has 2 nitrogen and oxygen atoms in total. The Kier molecular flexibility index (Phi) is 5.71. The Balaban J connectivity index is 1.93. The molecule has 1 aromatic carbocycles. The van der Waals surface area contributed by atoms with Crippen molar-refractivity contribution in [1.29, 1.82) is 0 Å². The van der Waals surface area contributed by atoms with Gasteiger partial charge in [0.25, 0.3) is 0 Å². The van der Waals surface area contributed by atoms with E-state index < -0.39 is 0 Å². The summed E-state index contributed by atoms with van der Waals surface area (Å²) in [4.78, 5) is 14.4. The Morgan fingerprint density at radius 1 is 1.37 bits per heavy atom. The molecule has 1 saturated heterocycles. The van der Waals surface area contributed by atoms with Crippen LogP contribution in [0, 0.1) is 0 Å². The molecular weight excluding hydrogens is 326 g/mol. The van der Waals surface area contributed by atoms with Crippen LogP contribution in [0.3, 0.4) is 0 Å². The summed E-state index contributed by atoms with van der Waals surface area (Å²) >= 11 is 9.31. The van der Waals surface area contributed by atoms with E-state index in [-0.39, 0.29) is 5.91 Å². The molecule has 2 rings (SSSR count). The van der Waals surface area contributed by atoms with Gasteiger partial charge in [0, 0.05) is 22.9 Å². The number of nitrogens with zero attached hydrogens (tertiary/aromatic N) is 1. The van der Waals surface area contributed by atoms with Gasteiger partial charge < -0.3 is 4.90 Å². The largest absolute Gasteiger partial charge is 0.339 e. The quantitative estimate of drug-likeness (QED) is 0.738. The molecule has 0 spiro atoms. The average molecular weight is 345 g/mol. The minimum Gasteiger partial charge on any atom is -0.339 e. The van der Waals surface area contributed by atoms with Crippen LogP contribution < -0.4 is 0 Å². The lowest BCUT2D eigenvalue weighted by molar-refractivity contribution is -0.131. The minimum atomic E-state index is 0.249. The summed E-state index contributed by atoms with van der Waals surface area (Å²) in [5.74, 6) is 0.249. The number of halogens is 2. The lowest BCUT2D eigenvalue weighted by atomic mass is 10.1. The van der Waals surface area contributed by atoms with Gasteiger partial charge in [-0.2, -0.15) is 0 Å². The highest BCUT2D eigenvalue weighted by Gasteiger charge is 2.27. The zero-order valence-electron chi connectivity index (χ0n) is 10.9. The molecular formula is C15H19BrClNO. The van der Waals surface area contributed by atoms with Crippen molar-refractivity contribution < 1.29 is 4.79 Å². The summed E-state index contributed by atoms with van der Waals surface area (Å²) in [5, 5.41) is 1.73. The van der Waals surface area contributed by atoms with E-state index in [0.717, 1.165) is 43.1 Å². The molecule has 1 aromatic rings. The molecule has 4 heteroatoms. The first-order valence-corrected chi connectivity index (χ1v) is 8.30. The number of carbonyl (C=O) groups is 1. The highest BCUT2D eigenvalue weighted by Crippen LogP contribution is 2.23. The van der Waals surface area contributed by atoms with E-state index in [1.54, 1.807) is 0 Å². The van der Waals surface area contributed by atoms with Gasteiger partial charge in [0.15, 0.2) is 0 Å². The van der Waals surface area contributed by atoms with Crippen molar-refractivity contribution >= 4 is 33.4 Å². The average Bonchev–Trinajstić information content (AvgIpc) is 2.87. The molecule has 0 aromatic heterocycles. The number of alkyl halides is 1. The fourth-order valence-electron chi connectivity index (χ4n) is 2.66. The number of amides is 1. The fraction of sp³-hybridized carbons (Fsp3) is 0.533. The number of rotatable bonds is 5. The summed E-state index contributed by atoms with van der Waals surface area (Å²) in [6.45, 7) is 0.916. The van der Waals surface area contributed by atoms with Crippen LogP contribution in [0.25, 0.3) is 0 Å². The van der Waals surface area contributed by atoms with Crippen molar-refractivity contribution in [2.24, 2.45) is 0 Å². The van der Waals surface area contributed by atoms with Gasteiger partial charge in [-0.1, -0.05) is 39.7 Å². The highest BCUT2D eigenvalue weighted by molar-refractivity contribution is 9.09. The van der Waals surface area contributed by atoms with Crippen molar-refractivity contribution in [3.63, 3.8) is 0 Å². The van der Waals surface area contributed by atoms with Gasteiger partial charge in [-0.25, -0.2) is 0 Å². The zero-order valence-corrected chi connectivity index (χ0v) is 13.3. The minimum absolute atomic E-state index is 0.249. The smallest absolute Gasteiger partial charge is 0.227 e. The first-order valence-electron chi connectivity index (χ1n) is 6.80. The van der Waals surface area contributed by atoms with Crippen molar-refractivity contribution in [3.05, 3.63) is 34.9 Å². The van der Waals surface area contributed by atoms with Crippen molar-refractivity contribution in [2.45, 2.75) is 38.1 Å². The molecule has 1 amide bonds. The highest BCUT2D eigenvalue weighted by atomic mass is 79.9. The topological polar surface area (TPSA) is 20.3 Å². The first kappa shape index (κ1) is 14.9. The van der Waals surface area contributed by atoms with E-state index in [1.165, 1.54) is 0 Å². The third-order valence-corrected chi connectivity index (χ3v) is 4.45. The third-order valence-electron chi connectivity index (χ3n) is 3.64. The lowest BCUT2D eigenvalue weighted by Crippen LogP contribution is -2.36. The van der Waals surface area contributed by atoms with E-state index in [2.05, 4.69) is 20.8 Å². The predicted octanol–water partition coefficient (Wildman–Crippen LogP) is 4.05. The Morgan fingerprint density at radius 2 is 2.11 bits per heavy atom. The first-order chi connectivity index (χ1) is 9.20. The zero-order chi connectivity index (χ0) is 13.7. The van der Waals surface area contributed by atoms with Gasteiger partial charge >= 0.3 is 0 Å². The normalized spacial score (nSPS) is 18.8. The van der Waals surface area contributed by atoms with Gasteiger partial charge in [-0.3, -0.25) is 4.79 Å². The Bertz CT molecular complexity index is 421. The molecule has 1 unspecified atom stereocenters. The van der Waals surface area contributed by atoms with Crippen molar-refractivity contribution in [3.8, 4) is 0 Å². The summed E-state index contributed by atoms with van der Waals surface area (Å²) < 4.78 is 0. The maximum atomic E-state index is 12.4. The number of hydrogen-bond acceptors (Lipinski definition) is 1. The summed E-state index contributed by atoms with van der Waals surface area (Å²) in [7, 11) is 0. The van der Waals surface area contributed by atoms with Crippen LogP contribution in [0.5, 0.6) is 0 Å². The molecule has 19 heavy (non-hydrogen) atoms. The second-order valence-electron chi connectivity index (χ2n) is 5.02. The monoisotopic (exact) mass is 343 g/mol. The summed E-state index contributed by atoms with van der Waals surface area (Å²) in [6, 6.07) is 8.00. The van der Waals surface area contributed by atoms with Gasteiger partial charge in [-0.15, -0.1) is 0 Å². The number of hydrogen-bond donors (Lipinski definition) is 0. The van der Waals surface area contributed by atoms with E-state index in [0.29, 0.717) is 17.5 Å². The van der Waals surface area contributed by atoms with Crippen molar-refractivity contribution in [1.82, 2.24) is 4.90 Å². The SMILES string of the molecule is O=C(Cc1ccc(Cl)cc1)N1CCCC1CCCBr. The summed E-state index contributed by atoms with van der Waals surface area (Å²) in [5.41, 5.74) is 1.04. The van der Waals surface area contributed by atoms with Gasteiger partial charge in [-0.05, 0) is 43.4 Å². The molecule has 104 valence electrons. The number of carbonyl (C=O) groups excluding carboxylic acids is 1. The maximum Gasteiger partial charge on any atom is 0.227 e. The van der Waals surface area contributed by atoms with E-state index in [4.69, 9.17) is 11.6 Å². The van der Waals surface area contributed by atoms with Crippen LogP contribution in [-0.2, 0) is 11.2 Å². The van der Waals surface area contributed by atoms with E-state index in [1.807, 2.05) is 24.3 Å². The molecule has 1 aliphatic rings. The van der Waals surface area contributed by atoms with Gasteiger partial charge in [0.05, 0.1) is 6.42 Å². The van der Waals surface area contributed by atoms with Crippen LogP contribution in [0.4, 0.5) is 0 Å². The molecule has 0 radical (unpaired) electrons. The van der Waals surface area contributed by atoms with E-state index >= 15 is 0 Å². The standard InChI is InChI=1S/C15H19BrClNO/c16-9-1-3-14-4-2-10-18(14)15(19)11-12-5-7-13(17)8-6-12/h5-8,14H,1-4,9-11H2. The van der Waals surface area contributed by atoms with Crippen LogP contribution in [-0.4, -0.2) is 28.7 Å². The van der Waals surface area contributed by atoms with Crippen LogP contribution in [0.1, 0.15) is 31.2 Å².